The van der Waals surface area contributed by atoms with Crippen LogP contribution in [0.4, 0.5) is 11.5 Å². The quantitative estimate of drug-likeness (QED) is 0.567. The average molecular weight is 272 g/mol. The van der Waals surface area contributed by atoms with Crippen LogP contribution >= 0.6 is 11.8 Å². The van der Waals surface area contributed by atoms with Crippen LogP contribution in [-0.4, -0.2) is 31.6 Å². The first-order chi connectivity index (χ1) is 8.40. The van der Waals surface area contributed by atoms with Gasteiger partial charge in [-0.1, -0.05) is 0 Å². The summed E-state index contributed by atoms with van der Waals surface area (Å²) >= 11 is 1.32. The SMILES string of the molecule is CC(=Nc1c(N)c(=O)n(C)c(=O)n1C)SCCO. The van der Waals surface area contributed by atoms with Crippen LogP contribution in [0.15, 0.2) is 14.6 Å². The normalized spacial score (nSPS) is 11.9. The number of rotatable bonds is 3. The summed E-state index contributed by atoms with van der Waals surface area (Å²) in [4.78, 5) is 27.5. The number of nitrogens with zero attached hydrogens (tertiary/aromatic N) is 3. The molecule has 0 aromatic carbocycles. The minimum absolute atomic E-state index is 0.0303. The third-order valence-electron chi connectivity index (χ3n) is 2.33. The fourth-order valence-corrected chi connectivity index (χ4v) is 1.91. The molecule has 0 radical (unpaired) electrons. The molecule has 0 unspecified atom stereocenters. The van der Waals surface area contributed by atoms with Gasteiger partial charge in [0.1, 0.15) is 5.69 Å². The van der Waals surface area contributed by atoms with Gasteiger partial charge >= 0.3 is 5.69 Å². The number of aliphatic imine (C=N–C) groups is 1. The molecule has 3 N–H and O–H groups in total. The van der Waals surface area contributed by atoms with E-state index in [9.17, 15) is 9.59 Å². The van der Waals surface area contributed by atoms with E-state index in [1.807, 2.05) is 0 Å². The molecule has 1 heterocycles. The molecule has 0 bridgehead atoms. The predicted octanol–water partition coefficient (Wildman–Crippen LogP) is -0.558. The molecule has 0 aliphatic rings. The van der Waals surface area contributed by atoms with Crippen LogP contribution in [-0.2, 0) is 14.1 Å². The van der Waals surface area contributed by atoms with Crippen molar-refractivity contribution in [1.29, 1.82) is 0 Å². The van der Waals surface area contributed by atoms with Gasteiger partial charge in [-0.3, -0.25) is 13.9 Å². The Kier molecular flexibility index (Phi) is 4.74. The Morgan fingerprint density at radius 1 is 1.39 bits per heavy atom. The molecule has 0 aliphatic heterocycles. The predicted molar refractivity (Wildman–Crippen MR) is 73.6 cm³/mol. The van der Waals surface area contributed by atoms with Crippen LogP contribution in [0.1, 0.15) is 6.92 Å². The first kappa shape index (κ1) is 14.5. The van der Waals surface area contributed by atoms with Crippen LogP contribution in [0.5, 0.6) is 0 Å². The largest absolute Gasteiger partial charge is 0.396 e. The van der Waals surface area contributed by atoms with Crippen LogP contribution in [0.3, 0.4) is 0 Å². The van der Waals surface area contributed by atoms with Gasteiger partial charge in [0.05, 0.1) is 11.7 Å². The molecule has 0 saturated heterocycles. The summed E-state index contributed by atoms with van der Waals surface area (Å²) in [5, 5.41) is 9.33. The maximum Gasteiger partial charge on any atom is 0.332 e. The monoisotopic (exact) mass is 272 g/mol. The molecule has 18 heavy (non-hydrogen) atoms. The highest BCUT2D eigenvalue weighted by Gasteiger charge is 2.12. The van der Waals surface area contributed by atoms with E-state index in [2.05, 4.69) is 4.99 Å². The van der Waals surface area contributed by atoms with Crippen molar-refractivity contribution in [1.82, 2.24) is 9.13 Å². The number of hydrogen-bond donors (Lipinski definition) is 2. The summed E-state index contributed by atoms with van der Waals surface area (Å²) in [5.74, 6) is 0.639. The molecule has 100 valence electrons. The minimum atomic E-state index is -0.559. The third kappa shape index (κ3) is 2.82. The summed E-state index contributed by atoms with van der Waals surface area (Å²) in [6.07, 6.45) is 0. The fourth-order valence-electron chi connectivity index (χ4n) is 1.37. The van der Waals surface area contributed by atoms with Gasteiger partial charge in [-0.05, 0) is 6.92 Å². The van der Waals surface area contributed by atoms with E-state index in [-0.39, 0.29) is 18.1 Å². The van der Waals surface area contributed by atoms with E-state index in [1.165, 1.54) is 30.4 Å². The van der Waals surface area contributed by atoms with Gasteiger partial charge < -0.3 is 10.8 Å². The molecule has 1 aromatic heterocycles. The van der Waals surface area contributed by atoms with Gasteiger partial charge in [-0.25, -0.2) is 9.79 Å². The second kappa shape index (κ2) is 5.87. The second-order valence-electron chi connectivity index (χ2n) is 3.65. The maximum absolute atomic E-state index is 11.7. The van der Waals surface area contributed by atoms with Crippen molar-refractivity contribution < 1.29 is 5.11 Å². The van der Waals surface area contributed by atoms with E-state index >= 15 is 0 Å². The van der Waals surface area contributed by atoms with Crippen molar-refractivity contribution in [2.24, 2.45) is 19.1 Å². The average Bonchev–Trinajstić information content (AvgIpc) is 2.36. The zero-order chi connectivity index (χ0) is 13.9. The Labute approximate surface area is 108 Å². The molecule has 1 aromatic rings. The Hall–Kier alpha value is -1.54. The zero-order valence-electron chi connectivity index (χ0n) is 10.5. The zero-order valence-corrected chi connectivity index (χ0v) is 11.3. The Balaban J connectivity index is 3.35. The lowest BCUT2D eigenvalue weighted by Crippen LogP contribution is -2.38. The van der Waals surface area contributed by atoms with E-state index in [0.717, 1.165) is 4.57 Å². The van der Waals surface area contributed by atoms with Gasteiger partial charge in [-0.15, -0.1) is 11.8 Å². The highest BCUT2D eigenvalue weighted by atomic mass is 32.2. The second-order valence-corrected chi connectivity index (χ2v) is 4.93. The Morgan fingerprint density at radius 3 is 2.56 bits per heavy atom. The van der Waals surface area contributed by atoms with Gasteiger partial charge in [0, 0.05) is 19.8 Å². The Morgan fingerprint density at radius 2 is 2.00 bits per heavy atom. The summed E-state index contributed by atoms with van der Waals surface area (Å²) in [7, 11) is 2.86. The number of aliphatic hydroxyl groups is 1. The number of aromatic nitrogens is 2. The summed E-state index contributed by atoms with van der Waals surface area (Å²) in [5.41, 5.74) is 4.57. The fraction of sp³-hybridized carbons (Fsp3) is 0.500. The Bertz CT molecular complexity index is 551. The first-order valence-electron chi connectivity index (χ1n) is 5.24. The van der Waals surface area contributed by atoms with Crippen molar-refractivity contribution in [3.63, 3.8) is 0 Å². The maximum atomic E-state index is 11.7. The van der Waals surface area contributed by atoms with Crippen LogP contribution in [0, 0.1) is 0 Å². The van der Waals surface area contributed by atoms with Gasteiger partial charge in [0.2, 0.25) is 0 Å². The third-order valence-corrected chi connectivity index (χ3v) is 3.23. The van der Waals surface area contributed by atoms with Gasteiger partial charge in [-0.2, -0.15) is 0 Å². The van der Waals surface area contributed by atoms with Crippen molar-refractivity contribution in [3.8, 4) is 0 Å². The molecule has 8 heteroatoms. The molecule has 0 aliphatic carbocycles. The number of nitrogens with two attached hydrogens (primary N) is 1. The summed E-state index contributed by atoms with van der Waals surface area (Å²) in [6, 6.07) is 0. The molecular formula is C10H16N4O3S. The van der Waals surface area contributed by atoms with Gasteiger partial charge in [0.15, 0.2) is 5.82 Å². The van der Waals surface area contributed by atoms with E-state index in [0.29, 0.717) is 10.8 Å². The number of thioether (sulfide) groups is 1. The lowest BCUT2D eigenvalue weighted by atomic mass is 10.4. The van der Waals surface area contributed by atoms with E-state index in [1.54, 1.807) is 6.92 Å². The number of aliphatic hydroxyl groups excluding tert-OH is 1. The number of hydrogen-bond acceptors (Lipinski definition) is 6. The number of nitrogen functional groups attached to an aromatic ring is 1. The van der Waals surface area contributed by atoms with Crippen LogP contribution < -0.4 is 17.0 Å². The van der Waals surface area contributed by atoms with Crippen molar-refractivity contribution in [3.05, 3.63) is 20.8 Å². The molecule has 7 nitrogen and oxygen atoms in total. The van der Waals surface area contributed by atoms with Gasteiger partial charge in [0.25, 0.3) is 5.56 Å². The van der Waals surface area contributed by atoms with Crippen LogP contribution in [0.2, 0.25) is 0 Å². The molecule has 0 atom stereocenters. The standard InChI is InChI=1S/C10H16N4O3S/c1-6(18-5-4-15)12-8-7(11)9(16)14(3)10(17)13(8)2/h15H,4-5,11H2,1-3H3. The molecule has 0 amide bonds. The lowest BCUT2D eigenvalue weighted by molar-refractivity contribution is 0.323. The van der Waals surface area contributed by atoms with E-state index in [4.69, 9.17) is 10.8 Å². The summed E-state index contributed by atoms with van der Waals surface area (Å²) < 4.78 is 2.16. The molecule has 0 fully saturated rings. The van der Waals surface area contributed by atoms with Crippen molar-refractivity contribution in [2.75, 3.05) is 18.1 Å². The smallest absolute Gasteiger partial charge is 0.332 e. The highest BCUT2D eigenvalue weighted by molar-refractivity contribution is 8.13. The molecule has 1 rings (SSSR count). The minimum Gasteiger partial charge on any atom is -0.396 e. The molecular weight excluding hydrogens is 256 g/mol. The highest BCUT2D eigenvalue weighted by Crippen LogP contribution is 2.17. The molecule has 0 saturated carbocycles. The van der Waals surface area contributed by atoms with Crippen molar-refractivity contribution in [2.45, 2.75) is 6.92 Å². The van der Waals surface area contributed by atoms with E-state index < -0.39 is 11.2 Å². The van der Waals surface area contributed by atoms with Crippen LogP contribution in [0.25, 0.3) is 0 Å². The topological polar surface area (TPSA) is 103 Å². The molecule has 0 spiro atoms. The summed E-state index contributed by atoms with van der Waals surface area (Å²) in [6.45, 7) is 1.75. The lowest BCUT2D eigenvalue weighted by Gasteiger charge is -2.09. The van der Waals surface area contributed by atoms with Crippen molar-refractivity contribution >= 4 is 28.3 Å². The number of anilines is 1. The first-order valence-corrected chi connectivity index (χ1v) is 6.23.